The van der Waals surface area contributed by atoms with Gasteiger partial charge in [-0.3, -0.25) is 4.79 Å². The average Bonchev–Trinajstić information content (AvgIpc) is 3.63. The molecule has 1 N–H and O–H groups in total. The summed E-state index contributed by atoms with van der Waals surface area (Å²) in [6, 6.07) is 13.3. The number of aromatic nitrogens is 2. The Morgan fingerprint density at radius 3 is 2.61 bits per heavy atom. The smallest absolute Gasteiger partial charge is 0.309 e. The number of aryl methyl sites for hydroxylation is 1. The first kappa shape index (κ1) is 30.4. The maximum Gasteiger partial charge on any atom is 0.309 e. The van der Waals surface area contributed by atoms with E-state index in [1.54, 1.807) is 6.07 Å². The maximum atomic E-state index is 13.5. The zero-order valence-corrected chi connectivity index (χ0v) is 24.2. The number of fused-ring (bicyclic) bond motifs is 2. The molecule has 38 heavy (non-hydrogen) atoms. The van der Waals surface area contributed by atoms with Gasteiger partial charge in [0.25, 0.3) is 0 Å². The van der Waals surface area contributed by atoms with E-state index in [4.69, 9.17) is 4.74 Å². The van der Waals surface area contributed by atoms with E-state index >= 15 is 0 Å². The Labute approximate surface area is 237 Å². The van der Waals surface area contributed by atoms with Gasteiger partial charge >= 0.3 is 5.97 Å². The minimum atomic E-state index is -0.459. The summed E-state index contributed by atoms with van der Waals surface area (Å²) in [6.07, 6.45) is 6.28. The van der Waals surface area contributed by atoms with Gasteiger partial charge in [-0.05, 0) is 74.5 Å². The van der Waals surface area contributed by atoms with Crippen molar-refractivity contribution in [2.45, 2.75) is 64.4 Å². The Bertz CT molecular complexity index is 1230. The van der Waals surface area contributed by atoms with Crippen molar-refractivity contribution in [3.8, 4) is 0 Å². The van der Waals surface area contributed by atoms with Crippen LogP contribution in [0.5, 0.6) is 0 Å². The lowest BCUT2D eigenvalue weighted by Crippen LogP contribution is -2.52. The van der Waals surface area contributed by atoms with Crippen molar-refractivity contribution in [1.82, 2.24) is 14.9 Å². The van der Waals surface area contributed by atoms with Crippen LogP contribution in [0.1, 0.15) is 56.5 Å². The minimum Gasteiger partial charge on any atom is -0.458 e. The molecule has 5 nitrogen and oxygen atoms in total. The highest BCUT2D eigenvalue weighted by molar-refractivity contribution is 5.85. The third-order valence-corrected chi connectivity index (χ3v) is 8.11. The molecule has 0 bridgehead atoms. The molecule has 1 fully saturated rings. The third-order valence-electron chi connectivity index (χ3n) is 8.11. The van der Waals surface area contributed by atoms with Crippen molar-refractivity contribution >= 4 is 41.8 Å². The van der Waals surface area contributed by atoms with Crippen molar-refractivity contribution in [2.75, 3.05) is 20.1 Å². The first-order valence-electron chi connectivity index (χ1n) is 13.5. The van der Waals surface area contributed by atoms with Crippen LogP contribution in [0.15, 0.2) is 42.5 Å². The molecule has 3 aromatic rings. The molecule has 0 saturated heterocycles. The molecule has 2 atom stereocenters. The van der Waals surface area contributed by atoms with E-state index < -0.39 is 5.60 Å². The summed E-state index contributed by atoms with van der Waals surface area (Å²) in [6.45, 7) is 6.32. The van der Waals surface area contributed by atoms with E-state index in [9.17, 15) is 9.18 Å². The Kier molecular flexibility index (Phi) is 10.2. The van der Waals surface area contributed by atoms with E-state index in [0.29, 0.717) is 11.8 Å². The van der Waals surface area contributed by atoms with Crippen LogP contribution in [0.2, 0.25) is 0 Å². The fraction of sp³-hybridized carbons (Fsp3) is 0.533. The molecule has 1 saturated carbocycles. The van der Waals surface area contributed by atoms with Crippen molar-refractivity contribution in [3.63, 3.8) is 0 Å². The number of imidazole rings is 1. The van der Waals surface area contributed by atoms with E-state index in [1.165, 1.54) is 23.3 Å². The van der Waals surface area contributed by atoms with Gasteiger partial charge in [0.15, 0.2) is 0 Å². The molecule has 208 valence electrons. The van der Waals surface area contributed by atoms with Crippen LogP contribution in [0.25, 0.3) is 11.0 Å². The number of carbonyl (C=O) groups is 1. The van der Waals surface area contributed by atoms with Gasteiger partial charge < -0.3 is 14.6 Å². The molecule has 8 heteroatoms. The Hall–Kier alpha value is -2.15. The number of esters is 1. The molecule has 2 aromatic carbocycles. The predicted octanol–water partition coefficient (Wildman–Crippen LogP) is 6.56. The molecule has 0 aliphatic heterocycles. The Balaban J connectivity index is 0.00000200. The van der Waals surface area contributed by atoms with E-state index in [1.807, 2.05) is 0 Å². The molecule has 0 spiro atoms. The first-order chi connectivity index (χ1) is 17.3. The minimum absolute atomic E-state index is 0. The summed E-state index contributed by atoms with van der Waals surface area (Å²) in [7, 11) is 2.14. The molecule has 2 aliphatic carbocycles. The fourth-order valence-electron chi connectivity index (χ4n) is 5.85. The van der Waals surface area contributed by atoms with Gasteiger partial charge in [-0.15, -0.1) is 24.8 Å². The topological polar surface area (TPSA) is 58.2 Å². The average molecular weight is 565 g/mol. The molecule has 2 aliphatic rings. The zero-order chi connectivity index (χ0) is 25.3. The predicted molar refractivity (Wildman–Crippen MR) is 155 cm³/mol. The van der Waals surface area contributed by atoms with Crippen LogP contribution in [0.4, 0.5) is 4.39 Å². The number of ether oxygens (including phenoxy) is 1. The number of benzene rings is 2. The lowest BCUT2D eigenvalue weighted by molar-refractivity contribution is -0.173. The lowest BCUT2D eigenvalue weighted by atomic mass is 9.66. The number of nitrogens with one attached hydrogen (secondary N) is 1. The molecular weight excluding hydrogens is 524 g/mol. The molecule has 1 aromatic heterocycles. The van der Waals surface area contributed by atoms with Crippen molar-refractivity contribution < 1.29 is 13.9 Å². The molecule has 0 amide bonds. The van der Waals surface area contributed by atoms with Gasteiger partial charge in [-0.25, -0.2) is 9.37 Å². The van der Waals surface area contributed by atoms with Crippen LogP contribution < -0.4 is 0 Å². The number of aromatic amines is 1. The second-order valence-electron chi connectivity index (χ2n) is 11.3. The number of hydrogen-bond acceptors (Lipinski definition) is 4. The van der Waals surface area contributed by atoms with Crippen molar-refractivity contribution in [1.29, 1.82) is 0 Å². The third kappa shape index (κ3) is 6.88. The van der Waals surface area contributed by atoms with Gasteiger partial charge in [-0.2, -0.15) is 0 Å². The Morgan fingerprint density at radius 2 is 1.89 bits per heavy atom. The summed E-state index contributed by atoms with van der Waals surface area (Å²) in [5, 5.41) is 0. The van der Waals surface area contributed by atoms with E-state index in [-0.39, 0.29) is 42.5 Å². The number of carbonyl (C=O) groups excluding carboxylic acids is 1. The van der Waals surface area contributed by atoms with E-state index in [2.05, 4.69) is 60.0 Å². The zero-order valence-electron chi connectivity index (χ0n) is 22.5. The first-order valence-corrected chi connectivity index (χ1v) is 13.5. The van der Waals surface area contributed by atoms with Crippen LogP contribution in [0.3, 0.4) is 0 Å². The fourth-order valence-corrected chi connectivity index (χ4v) is 5.85. The quantitative estimate of drug-likeness (QED) is 0.283. The second-order valence-corrected chi connectivity index (χ2v) is 11.3. The molecule has 0 unspecified atom stereocenters. The normalized spacial score (nSPS) is 20.6. The maximum absolute atomic E-state index is 13.5. The SMILES string of the molecule is CC(C)[C@@H]1Cc2ccccc2C[C@]1(CCN(C)CCCc1nc2ccc(F)cc2[nH]1)OC(=O)C1CC1.Cl.Cl. The lowest BCUT2D eigenvalue weighted by Gasteiger charge is -2.47. The summed E-state index contributed by atoms with van der Waals surface area (Å²) in [5.74, 6) is 1.47. The number of rotatable bonds is 10. The molecular formula is C30H40Cl2FN3O2. The van der Waals surface area contributed by atoms with Gasteiger partial charge in [0.2, 0.25) is 0 Å². The standard InChI is InChI=1S/C30H38FN3O2.2ClH/c1-20(2)25-17-22-7-4-5-8-23(22)19-30(25,36-29(35)21-10-11-21)14-16-34(3)15-6-9-28-32-26-13-12-24(31)18-27(26)33-28;;/h4-5,7-8,12-13,18,20-21,25H,6,9-11,14-17,19H2,1-3H3,(H,32,33);2*1H/t25-,30-;;/m0../s1. The highest BCUT2D eigenvalue weighted by Gasteiger charge is 2.48. The Morgan fingerprint density at radius 1 is 1.16 bits per heavy atom. The molecule has 0 radical (unpaired) electrons. The van der Waals surface area contributed by atoms with Gasteiger partial charge in [-0.1, -0.05) is 38.1 Å². The van der Waals surface area contributed by atoms with Crippen LogP contribution in [-0.2, 0) is 28.8 Å². The second kappa shape index (κ2) is 12.8. The summed E-state index contributed by atoms with van der Waals surface area (Å²) >= 11 is 0. The van der Waals surface area contributed by atoms with Gasteiger partial charge in [0.1, 0.15) is 17.2 Å². The van der Waals surface area contributed by atoms with E-state index in [0.717, 1.165) is 74.9 Å². The van der Waals surface area contributed by atoms with Crippen molar-refractivity contribution in [2.24, 2.45) is 17.8 Å². The largest absolute Gasteiger partial charge is 0.458 e. The van der Waals surface area contributed by atoms with Gasteiger partial charge in [0.05, 0.1) is 17.0 Å². The number of hydrogen-bond donors (Lipinski definition) is 1. The number of halogens is 3. The highest BCUT2D eigenvalue weighted by Crippen LogP contribution is 2.44. The van der Waals surface area contributed by atoms with Gasteiger partial charge in [0, 0.05) is 31.7 Å². The van der Waals surface area contributed by atoms with Crippen LogP contribution >= 0.6 is 24.8 Å². The number of H-pyrrole nitrogens is 1. The number of nitrogens with zero attached hydrogens (tertiary/aromatic N) is 2. The monoisotopic (exact) mass is 563 g/mol. The van der Waals surface area contributed by atoms with Crippen LogP contribution in [-0.4, -0.2) is 46.6 Å². The van der Waals surface area contributed by atoms with Crippen molar-refractivity contribution in [3.05, 3.63) is 65.2 Å². The summed E-state index contributed by atoms with van der Waals surface area (Å²) in [5.41, 5.74) is 3.81. The van der Waals surface area contributed by atoms with Crippen LogP contribution in [0, 0.1) is 23.6 Å². The summed E-state index contributed by atoms with van der Waals surface area (Å²) < 4.78 is 20.0. The molecule has 5 rings (SSSR count). The molecule has 1 heterocycles. The summed E-state index contributed by atoms with van der Waals surface area (Å²) in [4.78, 5) is 23.1. The highest BCUT2D eigenvalue weighted by atomic mass is 35.5.